The lowest BCUT2D eigenvalue weighted by Crippen LogP contribution is -2.05. The highest BCUT2D eigenvalue weighted by Gasteiger charge is 2.19. The maximum absolute atomic E-state index is 9.05. The molecule has 1 N–H and O–H groups in total. The zero-order valence-corrected chi connectivity index (χ0v) is 8.66. The second kappa shape index (κ2) is 3.62. The van der Waals surface area contributed by atoms with E-state index < -0.39 is 0 Å². The molecule has 14 heavy (non-hydrogen) atoms. The topological polar surface area (TPSA) is 29.5 Å². The molecular formula is C12H16O2. The van der Waals surface area contributed by atoms with Gasteiger partial charge in [-0.3, -0.25) is 0 Å². The van der Waals surface area contributed by atoms with Gasteiger partial charge in [0.15, 0.2) is 0 Å². The van der Waals surface area contributed by atoms with Crippen LogP contribution in [0.1, 0.15) is 30.9 Å². The molecule has 0 saturated carbocycles. The number of rotatable bonds is 2. The van der Waals surface area contributed by atoms with Crippen LogP contribution >= 0.6 is 0 Å². The minimum atomic E-state index is 0.189. The summed E-state index contributed by atoms with van der Waals surface area (Å²) in [6.45, 7) is 4.28. The fourth-order valence-corrected chi connectivity index (χ4v) is 1.83. The molecule has 1 aliphatic heterocycles. The van der Waals surface area contributed by atoms with Crippen molar-refractivity contribution < 1.29 is 9.84 Å². The Labute approximate surface area is 84.5 Å². The van der Waals surface area contributed by atoms with Gasteiger partial charge in [0.25, 0.3) is 0 Å². The second-order valence-corrected chi connectivity index (χ2v) is 4.08. The van der Waals surface area contributed by atoms with Crippen molar-refractivity contribution in [1.82, 2.24) is 0 Å². The van der Waals surface area contributed by atoms with Gasteiger partial charge in [-0.1, -0.05) is 19.1 Å². The molecule has 0 fully saturated rings. The summed E-state index contributed by atoms with van der Waals surface area (Å²) in [6.07, 6.45) is 1.30. The van der Waals surface area contributed by atoms with Crippen LogP contribution in [0.2, 0.25) is 0 Å². The van der Waals surface area contributed by atoms with Gasteiger partial charge in [0.1, 0.15) is 11.9 Å². The summed E-state index contributed by atoms with van der Waals surface area (Å²) in [5.41, 5.74) is 2.44. The molecule has 1 aromatic carbocycles. The van der Waals surface area contributed by atoms with E-state index in [1.807, 2.05) is 6.92 Å². The molecule has 0 saturated heterocycles. The minimum Gasteiger partial charge on any atom is -0.490 e. The first-order valence-corrected chi connectivity index (χ1v) is 5.11. The highest BCUT2D eigenvalue weighted by atomic mass is 16.5. The number of aliphatic hydroxyl groups excluding tert-OH is 1. The normalized spacial score (nSPS) is 21.5. The van der Waals surface area contributed by atoms with Gasteiger partial charge in [-0.25, -0.2) is 0 Å². The van der Waals surface area contributed by atoms with Crippen molar-refractivity contribution in [3.63, 3.8) is 0 Å². The molecule has 2 nitrogen and oxygen atoms in total. The van der Waals surface area contributed by atoms with Gasteiger partial charge in [0.05, 0.1) is 0 Å². The van der Waals surface area contributed by atoms with Crippen LogP contribution in [-0.4, -0.2) is 17.8 Å². The summed E-state index contributed by atoms with van der Waals surface area (Å²) in [4.78, 5) is 0. The molecule has 1 heterocycles. The Morgan fingerprint density at radius 1 is 1.57 bits per heavy atom. The van der Waals surface area contributed by atoms with Crippen molar-refractivity contribution in [3.8, 4) is 5.75 Å². The predicted molar refractivity (Wildman–Crippen MR) is 55.7 cm³/mol. The van der Waals surface area contributed by atoms with Crippen molar-refractivity contribution in [3.05, 3.63) is 29.3 Å². The Morgan fingerprint density at radius 3 is 3.07 bits per heavy atom. The molecule has 76 valence electrons. The van der Waals surface area contributed by atoms with E-state index in [9.17, 15) is 0 Å². The molecule has 0 spiro atoms. The number of fused-ring (bicyclic) bond motifs is 1. The van der Waals surface area contributed by atoms with Crippen LogP contribution in [-0.2, 0) is 6.42 Å². The largest absolute Gasteiger partial charge is 0.490 e. The fraction of sp³-hybridized carbons (Fsp3) is 0.500. The van der Waals surface area contributed by atoms with E-state index in [0.717, 1.165) is 17.7 Å². The van der Waals surface area contributed by atoms with Gasteiger partial charge >= 0.3 is 0 Å². The molecule has 2 rings (SSSR count). The standard InChI is InChI=1S/C12H16O2/c1-8(7-13)10-3-4-11-5-9(2)14-12(11)6-10/h3-4,6,8-9,13H,5,7H2,1-2H3. The zero-order chi connectivity index (χ0) is 10.1. The van der Waals surface area contributed by atoms with Crippen LogP contribution in [0.15, 0.2) is 18.2 Å². The quantitative estimate of drug-likeness (QED) is 0.777. The van der Waals surface area contributed by atoms with Gasteiger partial charge in [-0.15, -0.1) is 0 Å². The van der Waals surface area contributed by atoms with E-state index in [4.69, 9.17) is 9.84 Å². The molecular weight excluding hydrogens is 176 g/mol. The first kappa shape index (κ1) is 9.53. The number of aliphatic hydroxyl groups is 1. The van der Waals surface area contributed by atoms with Crippen LogP contribution in [0.25, 0.3) is 0 Å². The van der Waals surface area contributed by atoms with Gasteiger partial charge < -0.3 is 9.84 Å². The SMILES string of the molecule is CC1Cc2ccc(C(C)CO)cc2O1. The minimum absolute atomic E-state index is 0.189. The molecule has 1 aliphatic rings. The summed E-state index contributed by atoms with van der Waals surface area (Å²) in [5, 5.41) is 9.05. The molecule has 2 atom stereocenters. The molecule has 0 aromatic heterocycles. The van der Waals surface area contributed by atoms with Crippen LogP contribution in [0.4, 0.5) is 0 Å². The Balaban J connectivity index is 2.28. The third-order valence-electron chi connectivity index (χ3n) is 2.77. The Bertz CT molecular complexity index is 333. The summed E-state index contributed by atoms with van der Waals surface area (Å²) in [7, 11) is 0. The first-order valence-electron chi connectivity index (χ1n) is 5.11. The van der Waals surface area contributed by atoms with Crippen molar-refractivity contribution in [2.45, 2.75) is 32.3 Å². The number of ether oxygens (including phenoxy) is 1. The Kier molecular flexibility index (Phi) is 2.46. The maximum Gasteiger partial charge on any atom is 0.123 e. The molecule has 0 bridgehead atoms. The highest BCUT2D eigenvalue weighted by molar-refractivity contribution is 5.41. The smallest absolute Gasteiger partial charge is 0.123 e. The number of hydrogen-bond donors (Lipinski definition) is 1. The lowest BCUT2D eigenvalue weighted by Gasteiger charge is -2.09. The number of benzene rings is 1. The van der Waals surface area contributed by atoms with Crippen LogP contribution in [0.5, 0.6) is 5.75 Å². The monoisotopic (exact) mass is 192 g/mol. The van der Waals surface area contributed by atoms with Crippen LogP contribution in [0.3, 0.4) is 0 Å². The van der Waals surface area contributed by atoms with Crippen molar-refractivity contribution in [1.29, 1.82) is 0 Å². The molecule has 0 amide bonds. The lowest BCUT2D eigenvalue weighted by atomic mass is 9.99. The fourth-order valence-electron chi connectivity index (χ4n) is 1.83. The Hall–Kier alpha value is -1.02. The average molecular weight is 192 g/mol. The molecule has 0 radical (unpaired) electrons. The van der Waals surface area contributed by atoms with Crippen molar-refractivity contribution in [2.24, 2.45) is 0 Å². The highest BCUT2D eigenvalue weighted by Crippen LogP contribution is 2.31. The molecule has 2 unspecified atom stereocenters. The van der Waals surface area contributed by atoms with E-state index in [-0.39, 0.29) is 12.5 Å². The summed E-state index contributed by atoms with van der Waals surface area (Å²) in [5.74, 6) is 1.19. The van der Waals surface area contributed by atoms with E-state index >= 15 is 0 Å². The molecule has 2 heteroatoms. The van der Waals surface area contributed by atoms with E-state index in [1.165, 1.54) is 5.56 Å². The van der Waals surface area contributed by atoms with Crippen molar-refractivity contribution in [2.75, 3.05) is 6.61 Å². The van der Waals surface area contributed by atoms with Crippen LogP contribution < -0.4 is 4.74 Å². The molecule has 1 aromatic rings. The van der Waals surface area contributed by atoms with E-state index in [0.29, 0.717) is 6.10 Å². The summed E-state index contributed by atoms with van der Waals surface area (Å²) < 4.78 is 5.66. The van der Waals surface area contributed by atoms with Crippen molar-refractivity contribution >= 4 is 0 Å². The molecule has 0 aliphatic carbocycles. The van der Waals surface area contributed by atoms with Crippen LogP contribution in [0, 0.1) is 0 Å². The van der Waals surface area contributed by atoms with E-state index in [2.05, 4.69) is 25.1 Å². The third-order valence-corrected chi connectivity index (χ3v) is 2.77. The van der Waals surface area contributed by atoms with Gasteiger partial charge in [-0.05, 0) is 24.1 Å². The summed E-state index contributed by atoms with van der Waals surface area (Å²) >= 11 is 0. The zero-order valence-electron chi connectivity index (χ0n) is 8.66. The predicted octanol–water partition coefficient (Wildman–Crippen LogP) is 2.11. The lowest BCUT2D eigenvalue weighted by molar-refractivity contribution is 0.253. The van der Waals surface area contributed by atoms with Gasteiger partial charge in [0, 0.05) is 18.9 Å². The maximum atomic E-state index is 9.05. The van der Waals surface area contributed by atoms with Gasteiger partial charge in [-0.2, -0.15) is 0 Å². The third kappa shape index (κ3) is 1.62. The first-order chi connectivity index (χ1) is 6.70. The Morgan fingerprint density at radius 2 is 2.36 bits per heavy atom. The van der Waals surface area contributed by atoms with Gasteiger partial charge in [0.2, 0.25) is 0 Å². The van der Waals surface area contributed by atoms with E-state index in [1.54, 1.807) is 0 Å². The second-order valence-electron chi connectivity index (χ2n) is 4.08. The average Bonchev–Trinajstić information content (AvgIpc) is 2.55. The number of hydrogen-bond acceptors (Lipinski definition) is 2. The summed E-state index contributed by atoms with van der Waals surface area (Å²) in [6, 6.07) is 6.25.